The molecule has 9 heavy (non-hydrogen) atoms. The lowest BCUT2D eigenvalue weighted by Crippen LogP contribution is -2.13. The molecule has 0 radical (unpaired) electrons. The van der Waals surface area contributed by atoms with E-state index in [1.54, 1.807) is 0 Å². The largest absolute Gasteiger partial charge is 0.411 e. The second-order valence-corrected chi connectivity index (χ2v) is 4.08. The molecule has 0 amide bonds. The van der Waals surface area contributed by atoms with Crippen LogP contribution in [0.25, 0.3) is 0 Å². The van der Waals surface area contributed by atoms with Gasteiger partial charge < -0.3 is 4.43 Å². The van der Waals surface area contributed by atoms with Crippen LogP contribution in [0.3, 0.4) is 0 Å². The van der Waals surface area contributed by atoms with Gasteiger partial charge in [-0.15, -0.1) is 24.8 Å². The van der Waals surface area contributed by atoms with Gasteiger partial charge in [-0.3, -0.25) is 0 Å². The van der Waals surface area contributed by atoms with Crippen LogP contribution in [0.15, 0.2) is 24.6 Å². The van der Waals surface area contributed by atoms with E-state index < -0.39 is 9.04 Å². The van der Waals surface area contributed by atoms with Gasteiger partial charge in [-0.2, -0.15) is 0 Å². The van der Waals surface area contributed by atoms with Crippen molar-refractivity contribution in [3.63, 3.8) is 0 Å². The van der Waals surface area contributed by atoms with Crippen LogP contribution < -0.4 is 0 Å². The second-order valence-electron chi connectivity index (χ2n) is 1.50. The number of rotatable bonds is 5. The van der Waals surface area contributed by atoms with Crippen molar-refractivity contribution in [1.29, 1.82) is 0 Å². The first-order valence-electron chi connectivity index (χ1n) is 2.77. The number of hydrogen-bond donors (Lipinski definition) is 0. The average molecular weight is 163 g/mol. The topological polar surface area (TPSA) is 9.23 Å². The van der Waals surface area contributed by atoms with Gasteiger partial charge in [-0.1, -0.05) is 11.4 Å². The summed E-state index contributed by atoms with van der Waals surface area (Å²) in [5.41, 5.74) is 3.64. The van der Waals surface area contributed by atoms with Gasteiger partial charge in [0, 0.05) is 12.5 Å². The standard InChI is InChI=1S/C6H11ClOSi/c1-3-9(4-2)8-6-5-7/h3-4,9H,1-2,5-6H2. The molecule has 3 heteroatoms. The Kier molecular flexibility index (Phi) is 6.04. The van der Waals surface area contributed by atoms with Gasteiger partial charge in [-0.05, 0) is 0 Å². The predicted octanol–water partition coefficient (Wildman–Crippen LogP) is 1.42. The fourth-order valence-corrected chi connectivity index (χ4v) is 1.51. The van der Waals surface area contributed by atoms with E-state index >= 15 is 0 Å². The van der Waals surface area contributed by atoms with Gasteiger partial charge in [0.2, 0.25) is 9.04 Å². The SMILES string of the molecule is C=C[SiH](C=C)OCCCl. The fourth-order valence-electron chi connectivity index (χ4n) is 0.413. The predicted molar refractivity (Wildman–Crippen MR) is 44.2 cm³/mol. The van der Waals surface area contributed by atoms with Crippen molar-refractivity contribution in [1.82, 2.24) is 0 Å². The van der Waals surface area contributed by atoms with Crippen molar-refractivity contribution in [3.8, 4) is 0 Å². The third-order valence-electron chi connectivity index (χ3n) is 0.852. The quantitative estimate of drug-likeness (QED) is 0.439. The molecule has 0 saturated carbocycles. The Morgan fingerprint density at radius 1 is 1.44 bits per heavy atom. The van der Waals surface area contributed by atoms with Crippen molar-refractivity contribution < 1.29 is 4.43 Å². The van der Waals surface area contributed by atoms with E-state index in [-0.39, 0.29) is 0 Å². The second kappa shape index (κ2) is 6.07. The van der Waals surface area contributed by atoms with E-state index in [1.165, 1.54) is 0 Å². The maximum atomic E-state index is 5.39. The molecule has 0 unspecified atom stereocenters. The van der Waals surface area contributed by atoms with Gasteiger partial charge in [-0.25, -0.2) is 0 Å². The van der Waals surface area contributed by atoms with Crippen LogP contribution >= 0.6 is 11.6 Å². The highest BCUT2D eigenvalue weighted by Gasteiger charge is 1.97. The summed E-state index contributed by atoms with van der Waals surface area (Å²) in [7, 11) is -1.27. The monoisotopic (exact) mass is 162 g/mol. The van der Waals surface area contributed by atoms with E-state index in [2.05, 4.69) is 13.2 Å². The molecule has 0 rings (SSSR count). The number of hydrogen-bond acceptors (Lipinski definition) is 1. The summed E-state index contributed by atoms with van der Waals surface area (Å²) in [6.45, 7) is 7.82. The lowest BCUT2D eigenvalue weighted by Gasteiger charge is -2.03. The first-order chi connectivity index (χ1) is 4.35. The Morgan fingerprint density at radius 2 is 2.00 bits per heavy atom. The molecule has 0 atom stereocenters. The molecule has 0 fully saturated rings. The third-order valence-corrected chi connectivity index (χ3v) is 2.56. The minimum Gasteiger partial charge on any atom is -0.411 e. The van der Waals surface area contributed by atoms with Crippen molar-refractivity contribution in [2.24, 2.45) is 0 Å². The van der Waals surface area contributed by atoms with Crippen molar-refractivity contribution in [2.45, 2.75) is 0 Å². The van der Waals surface area contributed by atoms with Crippen molar-refractivity contribution in [2.75, 3.05) is 12.5 Å². The average Bonchev–Trinajstić information content (AvgIpc) is 1.91. The molecule has 1 nitrogen and oxygen atoms in total. The molecule has 0 N–H and O–H groups in total. The van der Waals surface area contributed by atoms with E-state index in [1.807, 2.05) is 11.4 Å². The first-order valence-corrected chi connectivity index (χ1v) is 5.11. The molecule has 0 aliphatic carbocycles. The van der Waals surface area contributed by atoms with Crippen LogP contribution in [0.4, 0.5) is 0 Å². The van der Waals surface area contributed by atoms with Crippen LogP contribution in [0.2, 0.25) is 0 Å². The number of halogens is 1. The first kappa shape index (κ1) is 8.95. The van der Waals surface area contributed by atoms with E-state index in [9.17, 15) is 0 Å². The zero-order valence-electron chi connectivity index (χ0n) is 5.35. The van der Waals surface area contributed by atoms with Gasteiger partial charge in [0.05, 0.1) is 0 Å². The molecule has 0 saturated heterocycles. The maximum Gasteiger partial charge on any atom is 0.224 e. The summed E-state index contributed by atoms with van der Waals surface area (Å²) in [4.78, 5) is 0. The Hall–Kier alpha value is -0.0531. The van der Waals surface area contributed by atoms with E-state index in [0.717, 1.165) is 0 Å². The van der Waals surface area contributed by atoms with Crippen LogP contribution in [0.5, 0.6) is 0 Å². The van der Waals surface area contributed by atoms with Crippen LogP contribution in [0, 0.1) is 0 Å². The summed E-state index contributed by atoms with van der Waals surface area (Å²) in [6, 6.07) is 0. The molecule has 52 valence electrons. The molecule has 0 aromatic heterocycles. The highest BCUT2D eigenvalue weighted by Crippen LogP contribution is 1.88. The normalized spacial score (nSPS) is 9.56. The molecule has 0 aromatic rings. The Labute approximate surface area is 62.7 Å². The lowest BCUT2D eigenvalue weighted by atomic mass is 10.9. The van der Waals surface area contributed by atoms with Crippen LogP contribution in [-0.4, -0.2) is 21.5 Å². The minimum atomic E-state index is -1.27. The molecular weight excluding hydrogens is 152 g/mol. The fraction of sp³-hybridized carbons (Fsp3) is 0.333. The minimum absolute atomic E-state index is 0.547. The summed E-state index contributed by atoms with van der Waals surface area (Å²) >= 11 is 5.39. The van der Waals surface area contributed by atoms with E-state index in [4.69, 9.17) is 16.0 Å². The molecule has 0 aliphatic heterocycles. The molecule has 0 bridgehead atoms. The van der Waals surface area contributed by atoms with Crippen molar-refractivity contribution >= 4 is 20.6 Å². The smallest absolute Gasteiger partial charge is 0.224 e. The molecule has 0 aliphatic rings. The van der Waals surface area contributed by atoms with Crippen LogP contribution in [0.1, 0.15) is 0 Å². The molecular formula is C6H11ClOSi. The van der Waals surface area contributed by atoms with Gasteiger partial charge in [0.15, 0.2) is 0 Å². The molecule has 0 heterocycles. The van der Waals surface area contributed by atoms with Gasteiger partial charge in [0.1, 0.15) is 0 Å². The van der Waals surface area contributed by atoms with E-state index in [0.29, 0.717) is 12.5 Å². The summed E-state index contributed by atoms with van der Waals surface area (Å²) in [5.74, 6) is 0.547. The zero-order valence-corrected chi connectivity index (χ0v) is 7.26. The molecule has 0 spiro atoms. The molecule has 0 aromatic carbocycles. The van der Waals surface area contributed by atoms with Crippen molar-refractivity contribution in [3.05, 3.63) is 24.6 Å². The summed E-state index contributed by atoms with van der Waals surface area (Å²) in [6.07, 6.45) is 0. The lowest BCUT2D eigenvalue weighted by molar-refractivity contribution is 0.359. The van der Waals surface area contributed by atoms with Gasteiger partial charge in [0.25, 0.3) is 0 Å². The summed E-state index contributed by atoms with van der Waals surface area (Å²) in [5, 5.41) is 0. The zero-order chi connectivity index (χ0) is 7.11. The Bertz CT molecular complexity index is 87.1. The van der Waals surface area contributed by atoms with Gasteiger partial charge >= 0.3 is 0 Å². The Balaban J connectivity index is 3.30. The maximum absolute atomic E-state index is 5.39. The third kappa shape index (κ3) is 4.45. The highest BCUT2D eigenvalue weighted by atomic mass is 35.5. The Morgan fingerprint density at radius 3 is 2.33 bits per heavy atom. The highest BCUT2D eigenvalue weighted by molar-refractivity contribution is 6.62. The van der Waals surface area contributed by atoms with Crippen LogP contribution in [-0.2, 0) is 4.43 Å². The number of alkyl halides is 1. The summed E-state index contributed by atoms with van der Waals surface area (Å²) < 4.78 is 5.26.